The van der Waals surface area contributed by atoms with Crippen LogP contribution in [0.25, 0.3) is 6.08 Å². The van der Waals surface area contributed by atoms with E-state index in [4.69, 9.17) is 15.0 Å². The van der Waals surface area contributed by atoms with E-state index in [1.54, 1.807) is 19.1 Å². The highest BCUT2D eigenvalue weighted by Crippen LogP contribution is 2.38. The summed E-state index contributed by atoms with van der Waals surface area (Å²) in [5.74, 6) is -0.211. The minimum Gasteiger partial charge on any atom is -0.400 e. The van der Waals surface area contributed by atoms with E-state index < -0.39 is 18.3 Å². The van der Waals surface area contributed by atoms with E-state index in [9.17, 15) is 4.39 Å². The Kier molecular flexibility index (Phi) is 4.29. The Morgan fingerprint density at radius 1 is 1.24 bits per heavy atom. The molecule has 1 aliphatic heterocycles. The lowest BCUT2D eigenvalue weighted by molar-refractivity contribution is 0.00578. The molecule has 5 heteroatoms. The van der Waals surface area contributed by atoms with Crippen molar-refractivity contribution in [2.75, 3.05) is 6.54 Å². The molecule has 0 unspecified atom stereocenters. The molecule has 1 fully saturated rings. The Labute approximate surface area is 126 Å². The first-order valence-electron chi connectivity index (χ1n) is 7.18. The van der Waals surface area contributed by atoms with Crippen LogP contribution in [0.15, 0.2) is 23.7 Å². The molecule has 0 saturated carbocycles. The lowest BCUT2D eigenvalue weighted by atomic mass is 9.77. The average Bonchev–Trinajstić information content (AvgIpc) is 2.59. The average molecular weight is 291 g/mol. The molecule has 3 nitrogen and oxygen atoms in total. The highest BCUT2D eigenvalue weighted by atomic mass is 19.1. The van der Waals surface area contributed by atoms with Gasteiger partial charge in [0, 0.05) is 6.54 Å². The normalized spacial score (nSPS) is 20.9. The van der Waals surface area contributed by atoms with Crippen LogP contribution in [0.4, 0.5) is 4.39 Å². The quantitative estimate of drug-likeness (QED) is 0.870. The third-order valence-electron chi connectivity index (χ3n) is 4.33. The molecule has 0 atom stereocenters. The third-order valence-corrected chi connectivity index (χ3v) is 4.33. The van der Waals surface area contributed by atoms with Crippen LogP contribution in [0.5, 0.6) is 0 Å². The molecule has 1 aromatic carbocycles. The van der Waals surface area contributed by atoms with Gasteiger partial charge in [0.2, 0.25) is 0 Å². The zero-order valence-electron chi connectivity index (χ0n) is 13.4. The summed E-state index contributed by atoms with van der Waals surface area (Å²) in [6.07, 6.45) is 1.91. The molecule has 2 N–H and O–H groups in total. The molecule has 1 saturated heterocycles. The smallest absolute Gasteiger partial charge is 0.400 e. The van der Waals surface area contributed by atoms with E-state index in [0.717, 1.165) is 11.0 Å². The minimum absolute atomic E-state index is 0.211. The van der Waals surface area contributed by atoms with Crippen molar-refractivity contribution in [2.24, 2.45) is 5.73 Å². The summed E-state index contributed by atoms with van der Waals surface area (Å²) in [4.78, 5) is 0. The number of rotatable bonds is 3. The highest BCUT2D eigenvalue weighted by Gasteiger charge is 2.52. The number of benzene rings is 1. The van der Waals surface area contributed by atoms with Crippen LogP contribution < -0.4 is 5.73 Å². The van der Waals surface area contributed by atoms with Gasteiger partial charge in [0.25, 0.3) is 0 Å². The Bertz CT molecular complexity index is 553. The number of halogens is 1. The lowest BCUT2D eigenvalue weighted by Crippen LogP contribution is -2.41. The van der Waals surface area contributed by atoms with Crippen molar-refractivity contribution in [1.29, 1.82) is 0 Å². The predicted octanol–water partition coefficient (Wildman–Crippen LogP) is 3.11. The topological polar surface area (TPSA) is 44.5 Å². The lowest BCUT2D eigenvalue weighted by Gasteiger charge is -2.32. The third kappa shape index (κ3) is 3.20. The Balaban J connectivity index is 2.28. The number of nitrogens with two attached hydrogens (primary N) is 1. The van der Waals surface area contributed by atoms with Gasteiger partial charge in [-0.3, -0.25) is 0 Å². The summed E-state index contributed by atoms with van der Waals surface area (Å²) in [6, 6.07) is 4.97. The monoisotopic (exact) mass is 291 g/mol. The van der Waals surface area contributed by atoms with Gasteiger partial charge in [-0.25, -0.2) is 4.39 Å². The fourth-order valence-electron chi connectivity index (χ4n) is 2.19. The Hall–Kier alpha value is -1.17. The first-order valence-corrected chi connectivity index (χ1v) is 7.18. The molecule has 21 heavy (non-hydrogen) atoms. The molecule has 1 aliphatic rings. The Morgan fingerprint density at radius 3 is 2.29 bits per heavy atom. The number of hydrogen-bond acceptors (Lipinski definition) is 3. The largest absolute Gasteiger partial charge is 0.491 e. The molecule has 0 bridgehead atoms. The van der Waals surface area contributed by atoms with Gasteiger partial charge in [-0.05, 0) is 63.4 Å². The summed E-state index contributed by atoms with van der Waals surface area (Å²) in [5, 5.41) is 0. The molecule has 1 heterocycles. The molecule has 0 radical (unpaired) electrons. The molecule has 114 valence electrons. The number of aryl methyl sites for hydroxylation is 1. The molecular formula is C16H23BFNO2. The highest BCUT2D eigenvalue weighted by molar-refractivity contribution is 6.55. The second-order valence-corrected chi connectivity index (χ2v) is 6.52. The van der Waals surface area contributed by atoms with E-state index in [-0.39, 0.29) is 5.82 Å². The molecule has 0 aromatic heterocycles. The maximum atomic E-state index is 13.3. The van der Waals surface area contributed by atoms with Crippen LogP contribution in [0.1, 0.15) is 38.8 Å². The van der Waals surface area contributed by atoms with Gasteiger partial charge in [-0.2, -0.15) is 0 Å². The zero-order valence-corrected chi connectivity index (χ0v) is 13.4. The van der Waals surface area contributed by atoms with E-state index >= 15 is 0 Å². The molecule has 1 aromatic rings. The summed E-state index contributed by atoms with van der Waals surface area (Å²) < 4.78 is 25.3. The maximum Gasteiger partial charge on any atom is 0.491 e. The van der Waals surface area contributed by atoms with Crippen molar-refractivity contribution in [1.82, 2.24) is 0 Å². The molecule has 2 rings (SSSR count). The maximum absolute atomic E-state index is 13.3. The predicted molar refractivity (Wildman–Crippen MR) is 84.3 cm³/mol. The van der Waals surface area contributed by atoms with Crippen molar-refractivity contribution in [3.05, 3.63) is 40.6 Å². The van der Waals surface area contributed by atoms with Crippen molar-refractivity contribution in [3.63, 3.8) is 0 Å². The molecule has 0 amide bonds. The van der Waals surface area contributed by atoms with Gasteiger partial charge in [0.05, 0.1) is 11.2 Å². The van der Waals surface area contributed by atoms with E-state index in [1.807, 2.05) is 33.8 Å². The SMILES string of the molecule is Cc1cc(C=C(CN)B2OC(C)(C)C(C)(C)O2)ccc1F. The summed E-state index contributed by atoms with van der Waals surface area (Å²) >= 11 is 0. The Morgan fingerprint density at radius 2 is 1.81 bits per heavy atom. The summed E-state index contributed by atoms with van der Waals surface area (Å²) in [5.41, 5.74) is 7.39. The molecular weight excluding hydrogens is 268 g/mol. The van der Waals surface area contributed by atoms with Crippen LogP contribution in [0.3, 0.4) is 0 Å². The van der Waals surface area contributed by atoms with Gasteiger partial charge in [0.1, 0.15) is 5.82 Å². The van der Waals surface area contributed by atoms with E-state index in [0.29, 0.717) is 12.1 Å². The summed E-state index contributed by atoms with van der Waals surface area (Å²) in [7, 11) is -0.467. The van der Waals surface area contributed by atoms with Crippen molar-refractivity contribution < 1.29 is 13.7 Å². The van der Waals surface area contributed by atoms with Crippen LogP contribution in [-0.2, 0) is 9.31 Å². The first-order chi connectivity index (χ1) is 9.66. The van der Waals surface area contributed by atoms with Gasteiger partial charge >= 0.3 is 7.12 Å². The second kappa shape index (κ2) is 5.56. The minimum atomic E-state index is -0.467. The van der Waals surface area contributed by atoms with Crippen LogP contribution in [-0.4, -0.2) is 24.9 Å². The molecule has 0 aliphatic carbocycles. The van der Waals surface area contributed by atoms with Gasteiger partial charge in [-0.15, -0.1) is 0 Å². The second-order valence-electron chi connectivity index (χ2n) is 6.52. The van der Waals surface area contributed by atoms with E-state index in [1.165, 1.54) is 6.07 Å². The van der Waals surface area contributed by atoms with Crippen molar-refractivity contribution >= 4 is 13.2 Å². The standard InChI is InChI=1S/C16H23BFNO2/c1-11-8-12(6-7-14(11)18)9-13(10-19)17-20-15(2,3)16(4,5)21-17/h6-9H,10,19H2,1-5H3. The fraction of sp³-hybridized carbons (Fsp3) is 0.500. The summed E-state index contributed by atoms with van der Waals surface area (Å²) in [6.45, 7) is 10.1. The fourth-order valence-corrected chi connectivity index (χ4v) is 2.19. The van der Waals surface area contributed by atoms with Gasteiger partial charge in [-0.1, -0.05) is 12.1 Å². The van der Waals surface area contributed by atoms with Crippen LogP contribution in [0, 0.1) is 12.7 Å². The van der Waals surface area contributed by atoms with E-state index in [2.05, 4.69) is 0 Å². The van der Waals surface area contributed by atoms with Crippen LogP contribution in [0.2, 0.25) is 0 Å². The van der Waals surface area contributed by atoms with Crippen molar-refractivity contribution in [3.8, 4) is 0 Å². The van der Waals surface area contributed by atoms with Gasteiger partial charge in [0.15, 0.2) is 0 Å². The van der Waals surface area contributed by atoms with Gasteiger partial charge < -0.3 is 15.0 Å². The van der Waals surface area contributed by atoms with Crippen LogP contribution >= 0.6 is 0 Å². The molecule has 0 spiro atoms. The number of hydrogen-bond donors (Lipinski definition) is 1. The van der Waals surface area contributed by atoms with Crippen molar-refractivity contribution in [2.45, 2.75) is 45.8 Å². The first kappa shape index (κ1) is 16.2. The zero-order chi connectivity index (χ0) is 15.8.